The zero-order valence-corrected chi connectivity index (χ0v) is 13.8. The Hall–Kier alpha value is -1.60. The normalized spacial score (nSPS) is 15.9. The first kappa shape index (κ1) is 16.8. The predicted octanol–water partition coefficient (Wildman–Crippen LogP) is 0.341. The van der Waals surface area contributed by atoms with E-state index < -0.39 is 0 Å². The average molecular weight is 328 g/mol. The molecule has 3 heterocycles. The Bertz CT molecular complexity index is 770. The third-order valence-electron chi connectivity index (χ3n) is 4.32. The molecular weight excluding hydrogens is 306 g/mol. The molecule has 1 aliphatic rings. The standard InChI is InChI=1S/C14H21N5O2.ClH/c1-16-12-11(13(20)17(2)14(16)21)19(10-15-12)9-8-18-6-4-3-5-7-18;/h10H,3-9H2,1-2H3;1H. The molecule has 2 aromatic rings. The molecule has 0 aromatic carbocycles. The minimum absolute atomic E-state index is 0. The fourth-order valence-electron chi connectivity index (χ4n) is 3.00. The van der Waals surface area contributed by atoms with Crippen LogP contribution < -0.4 is 11.2 Å². The van der Waals surface area contributed by atoms with Crippen molar-refractivity contribution in [1.82, 2.24) is 23.6 Å². The van der Waals surface area contributed by atoms with Crippen LogP contribution in [0.15, 0.2) is 15.9 Å². The number of fused-ring (bicyclic) bond motifs is 1. The van der Waals surface area contributed by atoms with E-state index >= 15 is 0 Å². The Morgan fingerprint density at radius 2 is 1.73 bits per heavy atom. The van der Waals surface area contributed by atoms with Gasteiger partial charge in [0.2, 0.25) is 0 Å². The van der Waals surface area contributed by atoms with Crippen LogP contribution >= 0.6 is 12.4 Å². The smallest absolute Gasteiger partial charge is 0.323 e. The van der Waals surface area contributed by atoms with Gasteiger partial charge in [0.15, 0.2) is 11.2 Å². The van der Waals surface area contributed by atoms with Crippen molar-refractivity contribution in [2.75, 3.05) is 19.6 Å². The van der Waals surface area contributed by atoms with E-state index in [2.05, 4.69) is 9.88 Å². The molecule has 0 atom stereocenters. The third kappa shape index (κ3) is 2.83. The second-order valence-electron chi connectivity index (χ2n) is 5.72. The van der Waals surface area contributed by atoms with Crippen LogP contribution in [0.4, 0.5) is 0 Å². The van der Waals surface area contributed by atoms with Gasteiger partial charge in [0, 0.05) is 27.2 Å². The first-order valence-electron chi connectivity index (χ1n) is 7.43. The molecule has 0 amide bonds. The van der Waals surface area contributed by atoms with Crippen LogP contribution in [0.5, 0.6) is 0 Å². The maximum absolute atomic E-state index is 12.3. The molecular formula is C14H22ClN5O2. The van der Waals surface area contributed by atoms with Gasteiger partial charge in [-0.05, 0) is 25.9 Å². The molecule has 0 unspecified atom stereocenters. The highest BCUT2D eigenvalue weighted by atomic mass is 35.5. The van der Waals surface area contributed by atoms with Gasteiger partial charge >= 0.3 is 5.69 Å². The number of hydrogen-bond donors (Lipinski definition) is 0. The molecule has 122 valence electrons. The predicted molar refractivity (Wildman–Crippen MR) is 87.8 cm³/mol. The zero-order valence-electron chi connectivity index (χ0n) is 13.0. The second kappa shape index (κ2) is 6.66. The first-order chi connectivity index (χ1) is 10.1. The molecule has 3 rings (SSSR count). The minimum atomic E-state index is -0.339. The zero-order chi connectivity index (χ0) is 15.0. The van der Waals surface area contributed by atoms with E-state index in [0.29, 0.717) is 11.2 Å². The van der Waals surface area contributed by atoms with Gasteiger partial charge in [-0.25, -0.2) is 9.78 Å². The maximum atomic E-state index is 12.3. The summed E-state index contributed by atoms with van der Waals surface area (Å²) in [6, 6.07) is 0. The number of imidazole rings is 1. The fourth-order valence-corrected chi connectivity index (χ4v) is 3.00. The summed E-state index contributed by atoms with van der Waals surface area (Å²) in [5.74, 6) is 0. The van der Waals surface area contributed by atoms with Crippen LogP contribution in [0.2, 0.25) is 0 Å². The highest BCUT2D eigenvalue weighted by Crippen LogP contribution is 2.10. The molecule has 0 N–H and O–H groups in total. The van der Waals surface area contributed by atoms with Gasteiger partial charge < -0.3 is 9.47 Å². The van der Waals surface area contributed by atoms with E-state index in [0.717, 1.165) is 30.7 Å². The number of aryl methyl sites for hydroxylation is 1. The van der Waals surface area contributed by atoms with Gasteiger partial charge in [0.1, 0.15) is 0 Å². The van der Waals surface area contributed by atoms with Gasteiger partial charge in [-0.1, -0.05) is 6.42 Å². The first-order valence-corrected chi connectivity index (χ1v) is 7.43. The van der Waals surface area contributed by atoms with Gasteiger partial charge in [-0.15, -0.1) is 12.4 Å². The van der Waals surface area contributed by atoms with Crippen LogP contribution in [0.25, 0.3) is 11.2 Å². The summed E-state index contributed by atoms with van der Waals surface area (Å²) in [4.78, 5) is 30.9. The Balaban J connectivity index is 0.00000176. The molecule has 1 saturated heterocycles. The highest BCUT2D eigenvalue weighted by Gasteiger charge is 2.15. The number of likely N-dealkylation sites (tertiary alicyclic amines) is 1. The molecule has 0 bridgehead atoms. The van der Waals surface area contributed by atoms with Gasteiger partial charge in [-0.3, -0.25) is 13.9 Å². The van der Waals surface area contributed by atoms with Crippen molar-refractivity contribution < 1.29 is 0 Å². The van der Waals surface area contributed by atoms with E-state index in [1.165, 1.54) is 30.9 Å². The Kier molecular flexibility index (Phi) is 5.08. The molecule has 0 radical (unpaired) electrons. The quantitative estimate of drug-likeness (QED) is 0.815. The van der Waals surface area contributed by atoms with Crippen molar-refractivity contribution in [2.24, 2.45) is 14.1 Å². The van der Waals surface area contributed by atoms with Crippen LogP contribution in [-0.4, -0.2) is 43.2 Å². The van der Waals surface area contributed by atoms with Crippen LogP contribution in [0, 0.1) is 0 Å². The summed E-state index contributed by atoms with van der Waals surface area (Å²) in [5, 5.41) is 0. The van der Waals surface area contributed by atoms with Crippen molar-refractivity contribution in [2.45, 2.75) is 25.8 Å². The van der Waals surface area contributed by atoms with Crippen LogP contribution in [-0.2, 0) is 20.6 Å². The number of aromatic nitrogens is 4. The average Bonchev–Trinajstić information content (AvgIpc) is 2.94. The highest BCUT2D eigenvalue weighted by molar-refractivity contribution is 5.85. The van der Waals surface area contributed by atoms with Crippen molar-refractivity contribution in [1.29, 1.82) is 0 Å². The second-order valence-corrected chi connectivity index (χ2v) is 5.72. The number of rotatable bonds is 3. The van der Waals surface area contributed by atoms with E-state index in [-0.39, 0.29) is 23.7 Å². The molecule has 8 heteroatoms. The lowest BCUT2D eigenvalue weighted by Crippen LogP contribution is -2.38. The lowest BCUT2D eigenvalue weighted by atomic mass is 10.1. The molecule has 0 spiro atoms. The Morgan fingerprint density at radius 1 is 1.05 bits per heavy atom. The van der Waals surface area contributed by atoms with Crippen LogP contribution in [0.3, 0.4) is 0 Å². The minimum Gasteiger partial charge on any atom is -0.323 e. The van der Waals surface area contributed by atoms with Crippen LogP contribution in [0.1, 0.15) is 19.3 Å². The van der Waals surface area contributed by atoms with Gasteiger partial charge in [-0.2, -0.15) is 0 Å². The molecule has 22 heavy (non-hydrogen) atoms. The molecule has 7 nitrogen and oxygen atoms in total. The number of nitrogens with zero attached hydrogens (tertiary/aromatic N) is 5. The number of halogens is 1. The summed E-state index contributed by atoms with van der Waals surface area (Å²) in [6.45, 7) is 3.90. The van der Waals surface area contributed by atoms with E-state index in [1.807, 2.05) is 4.57 Å². The largest absolute Gasteiger partial charge is 0.332 e. The van der Waals surface area contributed by atoms with Crippen molar-refractivity contribution in [3.05, 3.63) is 27.2 Å². The SMILES string of the molecule is Cl.Cn1c(=O)c2c(ncn2CCN2CCCCC2)n(C)c1=O. The Morgan fingerprint density at radius 3 is 2.41 bits per heavy atom. The molecule has 1 aliphatic heterocycles. The summed E-state index contributed by atoms with van der Waals surface area (Å²) >= 11 is 0. The summed E-state index contributed by atoms with van der Waals surface area (Å²) in [5.41, 5.74) is 0.358. The van der Waals surface area contributed by atoms with Crippen molar-refractivity contribution in [3.8, 4) is 0 Å². The monoisotopic (exact) mass is 327 g/mol. The van der Waals surface area contributed by atoms with Crippen molar-refractivity contribution >= 4 is 23.6 Å². The summed E-state index contributed by atoms with van der Waals surface area (Å²) < 4.78 is 4.43. The Labute approximate surface area is 134 Å². The van der Waals surface area contributed by atoms with Gasteiger partial charge in [0.25, 0.3) is 5.56 Å². The number of hydrogen-bond acceptors (Lipinski definition) is 4. The molecule has 0 aliphatic carbocycles. The summed E-state index contributed by atoms with van der Waals surface area (Å²) in [7, 11) is 3.15. The fraction of sp³-hybridized carbons (Fsp3) is 0.643. The third-order valence-corrected chi connectivity index (χ3v) is 4.32. The molecule has 1 fully saturated rings. The van der Waals surface area contributed by atoms with E-state index in [9.17, 15) is 9.59 Å². The van der Waals surface area contributed by atoms with E-state index in [1.54, 1.807) is 13.4 Å². The van der Waals surface area contributed by atoms with E-state index in [4.69, 9.17) is 0 Å². The molecule has 2 aromatic heterocycles. The topological polar surface area (TPSA) is 65.1 Å². The lowest BCUT2D eigenvalue weighted by Gasteiger charge is -2.26. The summed E-state index contributed by atoms with van der Waals surface area (Å²) in [6.07, 6.45) is 5.48. The number of piperidine rings is 1. The lowest BCUT2D eigenvalue weighted by molar-refractivity contribution is 0.221. The molecule has 0 saturated carbocycles. The maximum Gasteiger partial charge on any atom is 0.332 e. The van der Waals surface area contributed by atoms with Gasteiger partial charge in [0.05, 0.1) is 6.33 Å². The van der Waals surface area contributed by atoms with Crippen molar-refractivity contribution in [3.63, 3.8) is 0 Å².